The third-order valence-electron chi connectivity index (χ3n) is 3.64. The molecule has 11 nitrogen and oxygen atoms in total. The van der Waals surface area contributed by atoms with Gasteiger partial charge >= 0.3 is 23.9 Å². The zero-order chi connectivity index (χ0) is 23.6. The summed E-state index contributed by atoms with van der Waals surface area (Å²) in [5.41, 5.74) is 0.327. The van der Waals surface area contributed by atoms with Crippen LogP contribution < -0.4 is 10.1 Å². The second kappa shape index (κ2) is 12.2. The highest BCUT2D eigenvalue weighted by Gasteiger charge is 2.42. The Morgan fingerprint density at radius 2 is 1.35 bits per heavy atom. The molecule has 1 amide bonds. The number of rotatable bonds is 10. The number of methoxy groups -OCH3 is 1. The standard InChI is InChI=1S/C20H25NO10/c1-11(22)28-10-17(29-12(2)23)18(30-13(3)24)19(31-14(4)25)20(26)21-15-6-8-16(27-5)9-7-15/h6-9,17-19H,10H2,1-5H3,(H,21,26)/t17-,18-,19+/m0/s1. The van der Waals surface area contributed by atoms with Gasteiger partial charge in [0.1, 0.15) is 12.4 Å². The lowest BCUT2D eigenvalue weighted by Crippen LogP contribution is -2.52. The molecule has 0 aliphatic heterocycles. The van der Waals surface area contributed by atoms with Crippen LogP contribution in [-0.2, 0) is 42.9 Å². The van der Waals surface area contributed by atoms with Crippen LogP contribution >= 0.6 is 0 Å². The van der Waals surface area contributed by atoms with Gasteiger partial charge in [-0.1, -0.05) is 0 Å². The Labute approximate surface area is 178 Å². The van der Waals surface area contributed by atoms with Gasteiger partial charge in [-0.05, 0) is 24.3 Å². The SMILES string of the molecule is COc1ccc(NC(=O)[C@H](OC(C)=O)[C@@H](OC(C)=O)[C@H](COC(C)=O)OC(C)=O)cc1. The summed E-state index contributed by atoms with van der Waals surface area (Å²) in [7, 11) is 1.48. The van der Waals surface area contributed by atoms with Crippen LogP contribution in [0.3, 0.4) is 0 Å². The Morgan fingerprint density at radius 1 is 0.806 bits per heavy atom. The van der Waals surface area contributed by atoms with Gasteiger partial charge in [-0.15, -0.1) is 0 Å². The lowest BCUT2D eigenvalue weighted by Gasteiger charge is -2.30. The van der Waals surface area contributed by atoms with Crippen molar-refractivity contribution in [1.82, 2.24) is 0 Å². The number of hydrogen-bond acceptors (Lipinski definition) is 10. The molecule has 3 atom stereocenters. The van der Waals surface area contributed by atoms with Crippen LogP contribution in [0.5, 0.6) is 5.75 Å². The van der Waals surface area contributed by atoms with Crippen LogP contribution in [0, 0.1) is 0 Å². The molecule has 1 N–H and O–H groups in total. The van der Waals surface area contributed by atoms with E-state index in [0.29, 0.717) is 11.4 Å². The monoisotopic (exact) mass is 439 g/mol. The van der Waals surface area contributed by atoms with Crippen LogP contribution in [0.1, 0.15) is 27.7 Å². The predicted molar refractivity (Wildman–Crippen MR) is 105 cm³/mol. The molecule has 0 bridgehead atoms. The molecule has 0 radical (unpaired) electrons. The summed E-state index contributed by atoms with van der Waals surface area (Å²) >= 11 is 0. The third kappa shape index (κ3) is 9.15. The number of amides is 1. The van der Waals surface area contributed by atoms with Crippen molar-refractivity contribution in [3.05, 3.63) is 24.3 Å². The lowest BCUT2D eigenvalue weighted by molar-refractivity contribution is -0.190. The maximum absolute atomic E-state index is 12.9. The summed E-state index contributed by atoms with van der Waals surface area (Å²) < 4.78 is 25.2. The van der Waals surface area contributed by atoms with Gasteiger partial charge in [0.25, 0.3) is 5.91 Å². The van der Waals surface area contributed by atoms with Crippen molar-refractivity contribution in [1.29, 1.82) is 0 Å². The van der Waals surface area contributed by atoms with Crippen LogP contribution in [0.2, 0.25) is 0 Å². The fourth-order valence-electron chi connectivity index (χ4n) is 2.47. The van der Waals surface area contributed by atoms with E-state index in [1.807, 2.05) is 0 Å². The molecule has 0 saturated carbocycles. The van der Waals surface area contributed by atoms with E-state index in [1.165, 1.54) is 19.2 Å². The maximum atomic E-state index is 12.9. The number of ether oxygens (including phenoxy) is 5. The summed E-state index contributed by atoms with van der Waals surface area (Å²) in [6.07, 6.45) is -4.73. The fourth-order valence-corrected chi connectivity index (χ4v) is 2.47. The summed E-state index contributed by atoms with van der Waals surface area (Å²) in [5.74, 6) is -3.53. The highest BCUT2D eigenvalue weighted by Crippen LogP contribution is 2.19. The maximum Gasteiger partial charge on any atom is 0.303 e. The molecule has 11 heteroatoms. The molecule has 0 fully saturated rings. The number of carbonyl (C=O) groups excluding carboxylic acids is 5. The first-order valence-corrected chi connectivity index (χ1v) is 9.13. The Bertz CT molecular complexity index is 805. The molecule has 0 heterocycles. The molecule has 0 spiro atoms. The summed E-state index contributed by atoms with van der Waals surface area (Å²) in [6.45, 7) is 3.75. The predicted octanol–water partition coefficient (Wildman–Crippen LogP) is 0.992. The summed E-state index contributed by atoms with van der Waals surface area (Å²) in [5, 5.41) is 2.51. The largest absolute Gasteiger partial charge is 0.497 e. The molecular weight excluding hydrogens is 414 g/mol. The molecule has 0 aliphatic rings. The zero-order valence-electron chi connectivity index (χ0n) is 17.8. The van der Waals surface area contributed by atoms with Crippen LogP contribution in [0.25, 0.3) is 0 Å². The van der Waals surface area contributed by atoms with Crippen molar-refractivity contribution in [3.63, 3.8) is 0 Å². The molecule has 1 aromatic rings. The van der Waals surface area contributed by atoms with E-state index in [9.17, 15) is 24.0 Å². The summed E-state index contributed by atoms with van der Waals surface area (Å²) in [6, 6.07) is 6.24. The second-order valence-electron chi connectivity index (χ2n) is 6.27. The lowest BCUT2D eigenvalue weighted by atomic mass is 10.1. The van der Waals surface area contributed by atoms with E-state index < -0.39 is 54.7 Å². The van der Waals surface area contributed by atoms with E-state index in [4.69, 9.17) is 23.7 Å². The normalized spacial score (nSPS) is 13.1. The van der Waals surface area contributed by atoms with E-state index in [2.05, 4.69) is 5.32 Å². The van der Waals surface area contributed by atoms with Gasteiger partial charge in [-0.3, -0.25) is 24.0 Å². The van der Waals surface area contributed by atoms with E-state index in [1.54, 1.807) is 12.1 Å². The van der Waals surface area contributed by atoms with Gasteiger partial charge in [0, 0.05) is 33.4 Å². The summed E-state index contributed by atoms with van der Waals surface area (Å²) in [4.78, 5) is 58.9. The topological polar surface area (TPSA) is 144 Å². The molecule has 31 heavy (non-hydrogen) atoms. The Balaban J connectivity index is 3.25. The van der Waals surface area contributed by atoms with Crippen molar-refractivity contribution >= 4 is 35.5 Å². The van der Waals surface area contributed by atoms with Crippen molar-refractivity contribution in [2.45, 2.75) is 46.0 Å². The number of anilines is 1. The Kier molecular flexibility index (Phi) is 9.96. The van der Waals surface area contributed by atoms with Gasteiger partial charge in [0.05, 0.1) is 7.11 Å². The molecule has 0 aliphatic carbocycles. The molecular formula is C20H25NO10. The van der Waals surface area contributed by atoms with Crippen LogP contribution in [0.15, 0.2) is 24.3 Å². The third-order valence-corrected chi connectivity index (χ3v) is 3.64. The molecule has 0 unspecified atom stereocenters. The second-order valence-corrected chi connectivity index (χ2v) is 6.27. The van der Waals surface area contributed by atoms with Gasteiger partial charge in [-0.2, -0.15) is 0 Å². The van der Waals surface area contributed by atoms with E-state index in [-0.39, 0.29) is 0 Å². The molecule has 1 rings (SSSR count). The minimum atomic E-state index is -1.72. The van der Waals surface area contributed by atoms with E-state index in [0.717, 1.165) is 27.7 Å². The number of esters is 4. The quantitative estimate of drug-likeness (QED) is 0.414. The first-order valence-electron chi connectivity index (χ1n) is 9.13. The van der Waals surface area contributed by atoms with Gasteiger partial charge in [-0.25, -0.2) is 0 Å². The highest BCUT2D eigenvalue weighted by molar-refractivity contribution is 5.96. The Hall–Kier alpha value is -3.63. The smallest absolute Gasteiger partial charge is 0.303 e. The van der Waals surface area contributed by atoms with Crippen molar-refractivity contribution in [2.75, 3.05) is 19.0 Å². The minimum Gasteiger partial charge on any atom is -0.497 e. The average molecular weight is 439 g/mol. The van der Waals surface area contributed by atoms with Gasteiger partial charge in [0.15, 0.2) is 12.2 Å². The minimum absolute atomic E-state index is 0.327. The molecule has 0 aromatic heterocycles. The molecule has 1 aromatic carbocycles. The Morgan fingerprint density at radius 3 is 1.81 bits per heavy atom. The number of hydrogen-bond donors (Lipinski definition) is 1. The van der Waals surface area contributed by atoms with Gasteiger partial charge in [0.2, 0.25) is 6.10 Å². The number of nitrogens with one attached hydrogen (secondary N) is 1. The first kappa shape index (κ1) is 25.4. The fraction of sp³-hybridized carbons (Fsp3) is 0.450. The van der Waals surface area contributed by atoms with Gasteiger partial charge < -0.3 is 29.0 Å². The number of carbonyl (C=O) groups is 5. The zero-order valence-corrected chi connectivity index (χ0v) is 17.8. The van der Waals surface area contributed by atoms with Crippen molar-refractivity contribution in [3.8, 4) is 5.75 Å². The number of benzene rings is 1. The van der Waals surface area contributed by atoms with Crippen LogP contribution in [-0.4, -0.2) is 61.8 Å². The first-order chi connectivity index (χ1) is 14.5. The van der Waals surface area contributed by atoms with Crippen molar-refractivity contribution < 1.29 is 47.7 Å². The van der Waals surface area contributed by atoms with E-state index >= 15 is 0 Å². The van der Waals surface area contributed by atoms with Crippen molar-refractivity contribution in [2.24, 2.45) is 0 Å². The molecule has 0 saturated heterocycles. The van der Waals surface area contributed by atoms with Crippen LogP contribution in [0.4, 0.5) is 5.69 Å². The highest BCUT2D eigenvalue weighted by atomic mass is 16.6. The average Bonchev–Trinajstić information content (AvgIpc) is 2.67. The molecule has 170 valence electrons.